The van der Waals surface area contributed by atoms with Gasteiger partial charge in [0.15, 0.2) is 12.6 Å². The van der Waals surface area contributed by atoms with Crippen molar-refractivity contribution in [3.63, 3.8) is 0 Å². The number of methoxy groups -OCH3 is 1. The van der Waals surface area contributed by atoms with Crippen molar-refractivity contribution in [1.82, 2.24) is 24.8 Å². The second-order valence-electron chi connectivity index (χ2n) is 21.1. The number of nitro benzene ring substituents is 1. The number of aliphatic hydroxyl groups is 5. The number of carbonyl (C=O) groups excluding carboxylic acids is 1. The number of non-ortho nitro benzene ring substituents is 1. The van der Waals surface area contributed by atoms with E-state index < -0.39 is 107 Å². The monoisotopic (exact) mass is 979 g/mol. The Balaban J connectivity index is 1.42. The van der Waals surface area contributed by atoms with E-state index in [-0.39, 0.29) is 37.0 Å². The number of rotatable bonds is 14. The first-order chi connectivity index (χ1) is 32.2. The van der Waals surface area contributed by atoms with Gasteiger partial charge in [0.05, 0.1) is 52.2 Å². The first-order valence-corrected chi connectivity index (χ1v) is 24.6. The summed E-state index contributed by atoms with van der Waals surface area (Å²) in [7, 11) is 5.24. The summed E-state index contributed by atoms with van der Waals surface area (Å²) in [6.07, 6.45) is -6.18. The number of likely N-dealkylation sites (N-methyl/N-ethyl adjacent to an activating group) is 2. The highest BCUT2D eigenvalue weighted by Crippen LogP contribution is 2.40. The zero-order valence-corrected chi connectivity index (χ0v) is 43.0. The van der Waals surface area contributed by atoms with E-state index in [4.69, 9.17) is 28.4 Å². The number of hydrogen-bond acceptors (Lipinski definition) is 18. The number of aliphatic hydroxyl groups excluding tert-OH is 3. The summed E-state index contributed by atoms with van der Waals surface area (Å²) >= 11 is 0. The summed E-state index contributed by atoms with van der Waals surface area (Å²) in [5, 5.41) is 79.2. The van der Waals surface area contributed by atoms with Gasteiger partial charge in [-0.05, 0) is 99.7 Å². The lowest BCUT2D eigenvalue weighted by Crippen LogP contribution is -2.61. The van der Waals surface area contributed by atoms with E-state index in [1.54, 1.807) is 65.3 Å². The Morgan fingerprint density at radius 2 is 1.64 bits per heavy atom. The molecule has 0 saturated carbocycles. The van der Waals surface area contributed by atoms with Crippen molar-refractivity contribution < 1.29 is 63.7 Å². The van der Waals surface area contributed by atoms with Gasteiger partial charge >= 0.3 is 5.97 Å². The fraction of sp³-hybridized carbons (Fsp3) is 0.816. The highest BCUT2D eigenvalue weighted by Gasteiger charge is 2.53. The van der Waals surface area contributed by atoms with Gasteiger partial charge in [0, 0.05) is 75.9 Å². The Hall–Kier alpha value is -3.25. The zero-order chi connectivity index (χ0) is 51.3. The molecule has 392 valence electrons. The highest BCUT2D eigenvalue weighted by atomic mass is 16.7. The zero-order valence-electron chi connectivity index (χ0n) is 43.0. The van der Waals surface area contributed by atoms with E-state index in [1.807, 2.05) is 43.9 Å². The first kappa shape index (κ1) is 56.7. The van der Waals surface area contributed by atoms with E-state index in [0.29, 0.717) is 38.9 Å². The minimum absolute atomic E-state index is 0.0364. The van der Waals surface area contributed by atoms with Gasteiger partial charge in [0.2, 0.25) is 0 Å². The molecule has 0 radical (unpaired) electrons. The van der Waals surface area contributed by atoms with Crippen LogP contribution in [0.25, 0.3) is 0 Å². The quantitative estimate of drug-likeness (QED) is 0.103. The molecule has 5 N–H and O–H groups in total. The van der Waals surface area contributed by atoms with Gasteiger partial charge in [-0.1, -0.05) is 38.1 Å². The lowest BCUT2D eigenvalue weighted by molar-refractivity contribution is -0.384. The number of nitro groups is 1. The molecular formula is C49H82N6O14. The van der Waals surface area contributed by atoms with Crippen LogP contribution in [0.4, 0.5) is 5.69 Å². The average molecular weight is 979 g/mol. The molecule has 20 nitrogen and oxygen atoms in total. The number of ether oxygens (including phenoxy) is 6. The fourth-order valence-electron chi connectivity index (χ4n) is 10.7. The molecule has 3 aliphatic heterocycles. The van der Waals surface area contributed by atoms with Gasteiger partial charge in [-0.25, -0.2) is 0 Å². The predicted molar refractivity (Wildman–Crippen MR) is 254 cm³/mol. The normalized spacial score (nSPS) is 40.2. The maximum absolute atomic E-state index is 14.5. The van der Waals surface area contributed by atoms with Crippen LogP contribution in [0.5, 0.6) is 0 Å². The molecule has 0 aliphatic carbocycles. The molecule has 1 aromatic heterocycles. The van der Waals surface area contributed by atoms with Gasteiger partial charge in [-0.2, -0.15) is 0 Å². The molecule has 1 aromatic carbocycles. The molecule has 2 aromatic rings. The van der Waals surface area contributed by atoms with Gasteiger partial charge in [-0.15, -0.1) is 5.10 Å². The highest BCUT2D eigenvalue weighted by molar-refractivity contribution is 5.73. The predicted octanol–water partition coefficient (Wildman–Crippen LogP) is 3.26. The smallest absolute Gasteiger partial charge is 0.311 e. The van der Waals surface area contributed by atoms with Crippen molar-refractivity contribution in [3.05, 3.63) is 51.8 Å². The second-order valence-corrected chi connectivity index (χ2v) is 21.1. The molecule has 69 heavy (non-hydrogen) atoms. The third-order valence-electron chi connectivity index (χ3n) is 15.2. The van der Waals surface area contributed by atoms with Crippen molar-refractivity contribution in [2.75, 3.05) is 34.3 Å². The van der Waals surface area contributed by atoms with Crippen molar-refractivity contribution >= 4 is 11.7 Å². The molecular weight excluding hydrogens is 897 g/mol. The average Bonchev–Trinajstić information content (AvgIpc) is 3.76. The largest absolute Gasteiger partial charge is 0.459 e. The minimum Gasteiger partial charge on any atom is -0.459 e. The molecule has 5 rings (SSSR count). The summed E-state index contributed by atoms with van der Waals surface area (Å²) in [6, 6.07) is 5.41. The Morgan fingerprint density at radius 1 is 0.971 bits per heavy atom. The molecule has 0 amide bonds. The van der Waals surface area contributed by atoms with Crippen LogP contribution < -0.4 is 0 Å². The van der Waals surface area contributed by atoms with E-state index in [0.717, 1.165) is 11.3 Å². The van der Waals surface area contributed by atoms with Crippen LogP contribution >= 0.6 is 0 Å². The standard InChI is InChI=1S/C49H82N6O14/c1-14-38-49(10,61)42(57)32(6)53(12)26-28(2)24-47(8,60)44(30(4)41(31(5)45(59)67-38)68-39-25-48(9,64-13)43(58)33(7)66-39)69-46-40(56)37(23-29(3)65-46)52(11)21-20-35-27-54(51-50-35)22-19-34-15-17-36(18-16-34)55(62)63/h15-18,27-33,37-44,46,56-58,60-61H,14,19-26H2,1-13H3/t28-,29-,30+,31-,32-,33+,37+,38-,39+,40-,41+,42-,43+,44-,46+,47-,48-,49-/m1/s1. The molecule has 4 heterocycles. The third kappa shape index (κ3) is 13.6. The maximum atomic E-state index is 14.5. The van der Waals surface area contributed by atoms with Crippen LogP contribution in [0.15, 0.2) is 30.5 Å². The number of benzene rings is 1. The molecule has 0 spiro atoms. The van der Waals surface area contributed by atoms with E-state index in [9.17, 15) is 40.4 Å². The molecule has 20 heteroatoms. The van der Waals surface area contributed by atoms with Crippen LogP contribution in [0.3, 0.4) is 0 Å². The summed E-state index contributed by atoms with van der Waals surface area (Å²) in [5.74, 6) is -2.82. The number of esters is 1. The fourth-order valence-corrected chi connectivity index (χ4v) is 10.7. The Bertz CT molecular complexity index is 1960. The summed E-state index contributed by atoms with van der Waals surface area (Å²) in [6.45, 7) is 18.9. The van der Waals surface area contributed by atoms with Crippen molar-refractivity contribution in [3.8, 4) is 0 Å². The Kier molecular flexibility index (Phi) is 19.3. The van der Waals surface area contributed by atoms with E-state index in [2.05, 4.69) is 10.3 Å². The van der Waals surface area contributed by atoms with Gasteiger partial charge in [-0.3, -0.25) is 19.6 Å². The maximum Gasteiger partial charge on any atom is 0.311 e. The molecule has 18 atom stereocenters. The van der Waals surface area contributed by atoms with Gasteiger partial charge in [0.25, 0.3) is 5.69 Å². The van der Waals surface area contributed by atoms with Crippen molar-refractivity contribution in [1.29, 1.82) is 0 Å². The first-order valence-electron chi connectivity index (χ1n) is 24.6. The third-order valence-corrected chi connectivity index (χ3v) is 15.2. The number of aryl methyl sites for hydroxylation is 2. The minimum atomic E-state index is -1.84. The molecule has 3 saturated heterocycles. The van der Waals surface area contributed by atoms with Crippen LogP contribution in [0, 0.1) is 27.9 Å². The summed E-state index contributed by atoms with van der Waals surface area (Å²) < 4.78 is 39.9. The number of aromatic nitrogens is 3. The molecule has 0 bridgehead atoms. The number of nitrogens with zero attached hydrogens (tertiary/aromatic N) is 6. The van der Waals surface area contributed by atoms with Gasteiger partial charge in [0.1, 0.15) is 30.0 Å². The molecule has 0 unspecified atom stereocenters. The van der Waals surface area contributed by atoms with Crippen LogP contribution in [-0.2, 0) is 52.6 Å². The lowest BCUT2D eigenvalue weighted by atomic mass is 9.77. The Labute approximate surface area is 407 Å². The SMILES string of the molecule is CC[C@H]1OC(=O)[C@H](C)[C@@H](O[C@H]2C[C@@](C)(OC)[C@@H](O)[C@H](C)O2)[C@H](C)[C@@H](O[C@@H]2O[C@H](C)C[C@H](N(C)CCc3cn(CCc4ccc([N+](=O)[O-])cc4)nn3)[C@H]2O)[C@](C)(O)C[C@@H](C)CN(C)[C@H](C)[C@@H](O)[C@]1(C)O. The van der Waals surface area contributed by atoms with Crippen LogP contribution in [0.2, 0.25) is 0 Å². The van der Waals surface area contributed by atoms with Crippen molar-refractivity contribution in [2.45, 2.75) is 205 Å². The number of hydrogen-bond donors (Lipinski definition) is 5. The van der Waals surface area contributed by atoms with E-state index >= 15 is 0 Å². The van der Waals surface area contributed by atoms with Crippen LogP contribution in [-0.4, -0.2) is 186 Å². The molecule has 3 aliphatic rings. The topological polar surface area (TPSA) is 254 Å². The molecule has 3 fully saturated rings. The lowest BCUT2D eigenvalue weighted by Gasteiger charge is -2.49. The van der Waals surface area contributed by atoms with Crippen LogP contribution in [0.1, 0.15) is 106 Å². The number of carbonyl (C=O) groups is 1. The summed E-state index contributed by atoms with van der Waals surface area (Å²) in [5.41, 5.74) is -2.83. The second kappa shape index (κ2) is 23.5. The van der Waals surface area contributed by atoms with Crippen molar-refractivity contribution in [2.24, 2.45) is 17.8 Å². The summed E-state index contributed by atoms with van der Waals surface area (Å²) in [4.78, 5) is 29.0. The van der Waals surface area contributed by atoms with Gasteiger partial charge < -0.3 is 63.8 Å². The Morgan fingerprint density at radius 3 is 2.26 bits per heavy atom. The van der Waals surface area contributed by atoms with E-state index in [1.165, 1.54) is 26.2 Å². The number of cyclic esters (lactones) is 1.